The van der Waals surface area contributed by atoms with Crippen LogP contribution in [0.5, 0.6) is 0 Å². The zero-order valence-corrected chi connectivity index (χ0v) is 15.3. The molecule has 136 valence electrons. The van der Waals surface area contributed by atoms with Gasteiger partial charge in [0.25, 0.3) is 0 Å². The molecule has 0 saturated heterocycles. The van der Waals surface area contributed by atoms with Crippen LogP contribution in [0.25, 0.3) is 0 Å². The van der Waals surface area contributed by atoms with E-state index >= 15 is 0 Å². The number of rotatable bonds is 7. The number of amides is 1. The summed E-state index contributed by atoms with van der Waals surface area (Å²) >= 11 is 0. The molecule has 2 aromatic rings. The van der Waals surface area contributed by atoms with Crippen molar-refractivity contribution in [3.8, 4) is 0 Å². The van der Waals surface area contributed by atoms with Gasteiger partial charge in [-0.15, -0.1) is 0 Å². The third-order valence-corrected chi connectivity index (χ3v) is 4.08. The molecule has 0 aromatic heterocycles. The Morgan fingerprint density at radius 3 is 1.96 bits per heavy atom. The number of allylic oxidation sites excluding steroid dienone is 1. The Kier molecular flexibility index (Phi) is 6.97. The molecule has 5 nitrogen and oxygen atoms in total. The van der Waals surface area contributed by atoms with Gasteiger partial charge in [-0.25, -0.2) is 4.79 Å². The highest BCUT2D eigenvalue weighted by Gasteiger charge is 2.25. The van der Waals surface area contributed by atoms with Gasteiger partial charge in [0.05, 0.1) is 13.7 Å². The summed E-state index contributed by atoms with van der Waals surface area (Å²) in [7, 11) is 1.32. The zero-order valence-electron chi connectivity index (χ0n) is 15.3. The molecule has 2 aromatic carbocycles. The maximum absolute atomic E-state index is 12.3. The van der Waals surface area contributed by atoms with Gasteiger partial charge >= 0.3 is 5.97 Å². The SMILES string of the molecule is C/C=C(\C)C(=O)N[C@@H](CN(c1ccccc1)c1ccccc1)C(=O)OC. The normalized spacial score (nSPS) is 12.2. The highest BCUT2D eigenvalue weighted by molar-refractivity contribution is 5.95. The van der Waals surface area contributed by atoms with E-state index in [1.807, 2.05) is 65.6 Å². The number of nitrogens with zero attached hydrogens (tertiary/aromatic N) is 1. The number of anilines is 2. The second-order valence-electron chi connectivity index (χ2n) is 5.80. The first-order valence-corrected chi connectivity index (χ1v) is 8.46. The third-order valence-electron chi connectivity index (χ3n) is 4.08. The molecule has 5 heteroatoms. The topological polar surface area (TPSA) is 58.6 Å². The summed E-state index contributed by atoms with van der Waals surface area (Å²) in [6.45, 7) is 3.74. The molecule has 26 heavy (non-hydrogen) atoms. The lowest BCUT2D eigenvalue weighted by atomic mass is 10.1. The van der Waals surface area contributed by atoms with E-state index in [4.69, 9.17) is 4.74 Å². The lowest BCUT2D eigenvalue weighted by Crippen LogP contribution is -2.48. The van der Waals surface area contributed by atoms with Gasteiger partial charge in [-0.2, -0.15) is 0 Å². The van der Waals surface area contributed by atoms with Gasteiger partial charge < -0.3 is 15.0 Å². The van der Waals surface area contributed by atoms with E-state index < -0.39 is 12.0 Å². The van der Waals surface area contributed by atoms with E-state index in [9.17, 15) is 9.59 Å². The molecular formula is C21H24N2O3. The number of carbonyl (C=O) groups is 2. The van der Waals surface area contributed by atoms with Gasteiger partial charge in [0.1, 0.15) is 6.04 Å². The Bertz CT molecular complexity index is 718. The molecule has 0 saturated carbocycles. The quantitative estimate of drug-likeness (QED) is 0.612. The van der Waals surface area contributed by atoms with E-state index in [-0.39, 0.29) is 12.5 Å². The van der Waals surface area contributed by atoms with Crippen molar-refractivity contribution in [2.24, 2.45) is 0 Å². The monoisotopic (exact) mass is 352 g/mol. The summed E-state index contributed by atoms with van der Waals surface area (Å²) in [5.41, 5.74) is 2.39. The van der Waals surface area contributed by atoms with Crippen molar-refractivity contribution >= 4 is 23.3 Å². The molecule has 1 N–H and O–H groups in total. The first-order valence-electron chi connectivity index (χ1n) is 8.46. The lowest BCUT2D eigenvalue weighted by molar-refractivity contribution is -0.144. The smallest absolute Gasteiger partial charge is 0.330 e. The summed E-state index contributed by atoms with van der Waals surface area (Å²) in [4.78, 5) is 26.5. The first kappa shape index (κ1) is 19.2. The molecule has 0 fully saturated rings. The summed E-state index contributed by atoms with van der Waals surface area (Å²) in [5, 5.41) is 2.76. The van der Waals surface area contributed by atoms with Crippen molar-refractivity contribution in [3.05, 3.63) is 72.3 Å². The minimum absolute atomic E-state index is 0.253. The average molecular weight is 352 g/mol. The van der Waals surface area contributed by atoms with Crippen molar-refractivity contribution in [2.75, 3.05) is 18.6 Å². The van der Waals surface area contributed by atoms with Gasteiger partial charge in [0, 0.05) is 16.9 Å². The number of ether oxygens (including phenoxy) is 1. The van der Waals surface area contributed by atoms with Crippen LogP contribution in [0.4, 0.5) is 11.4 Å². The number of hydrogen-bond acceptors (Lipinski definition) is 4. The van der Waals surface area contributed by atoms with Crippen LogP contribution in [-0.2, 0) is 14.3 Å². The molecule has 1 amide bonds. The molecule has 0 bridgehead atoms. The largest absolute Gasteiger partial charge is 0.467 e. The fraction of sp³-hybridized carbons (Fsp3) is 0.238. The molecule has 0 aliphatic carbocycles. The summed E-state index contributed by atoms with van der Waals surface area (Å²) in [6, 6.07) is 18.6. The van der Waals surface area contributed by atoms with E-state index in [1.165, 1.54) is 7.11 Å². The van der Waals surface area contributed by atoms with Gasteiger partial charge in [0.2, 0.25) is 5.91 Å². The highest BCUT2D eigenvalue weighted by Crippen LogP contribution is 2.25. The number of carbonyl (C=O) groups excluding carboxylic acids is 2. The van der Waals surface area contributed by atoms with Crippen LogP contribution in [0.2, 0.25) is 0 Å². The number of para-hydroxylation sites is 2. The van der Waals surface area contributed by atoms with Crippen molar-refractivity contribution in [3.63, 3.8) is 0 Å². The van der Waals surface area contributed by atoms with Crippen molar-refractivity contribution in [1.82, 2.24) is 5.32 Å². The molecule has 0 heterocycles. The summed E-state index contributed by atoms with van der Waals surface area (Å²) in [6.07, 6.45) is 1.70. The number of esters is 1. The summed E-state index contributed by atoms with van der Waals surface area (Å²) in [5.74, 6) is -0.775. The van der Waals surface area contributed by atoms with Crippen molar-refractivity contribution in [1.29, 1.82) is 0 Å². The maximum atomic E-state index is 12.3. The second kappa shape index (κ2) is 9.42. The van der Waals surface area contributed by atoms with Crippen molar-refractivity contribution in [2.45, 2.75) is 19.9 Å². The van der Waals surface area contributed by atoms with Crippen LogP contribution >= 0.6 is 0 Å². The standard InChI is InChI=1S/C21H24N2O3/c1-4-16(2)20(24)22-19(21(25)26-3)15-23(17-11-7-5-8-12-17)18-13-9-6-10-14-18/h4-14,19H,15H2,1-3H3,(H,22,24)/b16-4+/t19-/m0/s1. The molecule has 0 unspecified atom stereocenters. The third kappa shape index (κ3) is 4.96. The van der Waals surface area contributed by atoms with Crippen LogP contribution in [0, 0.1) is 0 Å². The van der Waals surface area contributed by atoms with E-state index in [2.05, 4.69) is 5.32 Å². The minimum Gasteiger partial charge on any atom is -0.467 e. The van der Waals surface area contributed by atoms with E-state index in [1.54, 1.807) is 19.9 Å². The van der Waals surface area contributed by atoms with Crippen LogP contribution in [-0.4, -0.2) is 31.6 Å². The Labute approximate surface area is 154 Å². The van der Waals surface area contributed by atoms with Gasteiger partial charge in [-0.3, -0.25) is 4.79 Å². The molecule has 0 radical (unpaired) electrons. The predicted octanol–water partition coefficient (Wildman–Crippen LogP) is 3.45. The predicted molar refractivity (Wildman–Crippen MR) is 103 cm³/mol. The van der Waals surface area contributed by atoms with Crippen LogP contribution < -0.4 is 10.2 Å². The van der Waals surface area contributed by atoms with Crippen LogP contribution in [0.3, 0.4) is 0 Å². The average Bonchev–Trinajstić information content (AvgIpc) is 2.70. The number of nitrogens with one attached hydrogen (secondary N) is 1. The number of hydrogen-bond donors (Lipinski definition) is 1. The fourth-order valence-electron chi connectivity index (χ4n) is 2.48. The maximum Gasteiger partial charge on any atom is 0.330 e. The molecule has 0 spiro atoms. The Morgan fingerprint density at radius 2 is 1.54 bits per heavy atom. The Balaban J connectivity index is 2.33. The van der Waals surface area contributed by atoms with Crippen molar-refractivity contribution < 1.29 is 14.3 Å². The fourth-order valence-corrected chi connectivity index (χ4v) is 2.48. The number of benzene rings is 2. The van der Waals surface area contributed by atoms with Crippen LogP contribution in [0.15, 0.2) is 72.3 Å². The van der Waals surface area contributed by atoms with E-state index in [0.29, 0.717) is 5.57 Å². The molecule has 1 atom stereocenters. The second-order valence-corrected chi connectivity index (χ2v) is 5.80. The van der Waals surface area contributed by atoms with Crippen LogP contribution in [0.1, 0.15) is 13.8 Å². The Morgan fingerprint density at radius 1 is 1.04 bits per heavy atom. The minimum atomic E-state index is -0.803. The highest BCUT2D eigenvalue weighted by atomic mass is 16.5. The van der Waals surface area contributed by atoms with E-state index in [0.717, 1.165) is 11.4 Å². The molecule has 0 aliphatic rings. The van der Waals surface area contributed by atoms with Gasteiger partial charge in [0.15, 0.2) is 0 Å². The Hall–Kier alpha value is -3.08. The summed E-state index contributed by atoms with van der Waals surface area (Å²) < 4.78 is 4.90. The molecular weight excluding hydrogens is 328 g/mol. The van der Waals surface area contributed by atoms with Gasteiger partial charge in [-0.1, -0.05) is 42.5 Å². The first-order chi connectivity index (χ1) is 12.6. The van der Waals surface area contributed by atoms with Gasteiger partial charge in [-0.05, 0) is 38.1 Å². The number of methoxy groups -OCH3 is 1. The lowest BCUT2D eigenvalue weighted by Gasteiger charge is -2.29. The molecule has 2 rings (SSSR count). The zero-order chi connectivity index (χ0) is 18.9. The molecule has 0 aliphatic heterocycles.